The Hall–Kier alpha value is -3.21. The van der Waals surface area contributed by atoms with Gasteiger partial charge < -0.3 is 10.4 Å². The van der Waals surface area contributed by atoms with E-state index in [9.17, 15) is 23.1 Å². The molecule has 1 aliphatic carbocycles. The molecule has 3 N–H and O–H groups in total. The number of aromatic nitrogens is 2. The third-order valence-corrected chi connectivity index (χ3v) is 6.43. The molecular formula is C20H25N5O5S. The zero-order chi connectivity index (χ0) is 22.3. The standard InChI is InChI=1S/C20H25N5O5S/c26-19(23-16-4-2-1-3-5-16)24-31(29,30)17-8-6-15(7-9-17)10-13-25(20(27)28)18-14-21-11-12-22-18/h6-9,11-12,14,16H,1-5,10,13H2,(H,27,28)(H2,23,24,26). The molecule has 1 fully saturated rings. The maximum Gasteiger partial charge on any atom is 0.413 e. The van der Waals surface area contributed by atoms with Gasteiger partial charge in [-0.3, -0.25) is 9.88 Å². The number of hydrogen-bond acceptors (Lipinski definition) is 6. The number of urea groups is 1. The summed E-state index contributed by atoms with van der Waals surface area (Å²) in [4.78, 5) is 32.4. The summed E-state index contributed by atoms with van der Waals surface area (Å²) in [7, 11) is -4.00. The van der Waals surface area contributed by atoms with Crippen molar-refractivity contribution in [3.05, 3.63) is 48.4 Å². The lowest BCUT2D eigenvalue weighted by molar-refractivity contribution is 0.201. The Kier molecular flexibility index (Phi) is 7.40. The molecule has 0 aliphatic heterocycles. The van der Waals surface area contributed by atoms with Gasteiger partial charge in [0.05, 0.1) is 11.1 Å². The molecule has 0 spiro atoms. The summed E-state index contributed by atoms with van der Waals surface area (Å²) in [5, 5.41) is 12.1. The van der Waals surface area contributed by atoms with Crippen LogP contribution in [0.1, 0.15) is 37.7 Å². The van der Waals surface area contributed by atoms with Crippen LogP contribution in [0.25, 0.3) is 0 Å². The molecule has 1 aliphatic rings. The zero-order valence-electron chi connectivity index (χ0n) is 16.9. The van der Waals surface area contributed by atoms with Gasteiger partial charge in [0, 0.05) is 25.0 Å². The van der Waals surface area contributed by atoms with Crippen molar-refractivity contribution >= 4 is 28.0 Å². The highest BCUT2D eigenvalue weighted by molar-refractivity contribution is 7.90. The van der Waals surface area contributed by atoms with Crippen LogP contribution in [-0.4, -0.2) is 48.2 Å². The third-order valence-electron chi connectivity index (χ3n) is 5.08. The molecule has 3 amide bonds. The number of nitrogens with zero attached hydrogens (tertiary/aromatic N) is 3. The van der Waals surface area contributed by atoms with Crippen molar-refractivity contribution < 1.29 is 23.1 Å². The van der Waals surface area contributed by atoms with Gasteiger partial charge >= 0.3 is 12.1 Å². The third kappa shape index (κ3) is 6.38. The van der Waals surface area contributed by atoms with Crippen molar-refractivity contribution in [2.45, 2.75) is 49.5 Å². The molecule has 1 heterocycles. The first-order valence-corrected chi connectivity index (χ1v) is 11.5. The van der Waals surface area contributed by atoms with Crippen molar-refractivity contribution in [1.29, 1.82) is 0 Å². The van der Waals surface area contributed by atoms with E-state index in [2.05, 4.69) is 15.3 Å². The van der Waals surface area contributed by atoms with Gasteiger partial charge in [-0.05, 0) is 37.0 Å². The van der Waals surface area contributed by atoms with Crippen LogP contribution in [0.5, 0.6) is 0 Å². The molecule has 1 saturated carbocycles. The topological polar surface area (TPSA) is 142 Å². The highest BCUT2D eigenvalue weighted by Crippen LogP contribution is 2.18. The molecule has 0 radical (unpaired) electrons. The fraction of sp³-hybridized carbons (Fsp3) is 0.400. The number of rotatable bonds is 7. The summed E-state index contributed by atoms with van der Waals surface area (Å²) >= 11 is 0. The molecule has 10 nitrogen and oxygen atoms in total. The first kappa shape index (κ1) is 22.5. The summed E-state index contributed by atoms with van der Waals surface area (Å²) in [6.07, 6.45) is 8.28. The summed E-state index contributed by atoms with van der Waals surface area (Å²) in [6.45, 7) is 0.127. The zero-order valence-corrected chi connectivity index (χ0v) is 17.7. The Bertz CT molecular complexity index is 992. The summed E-state index contributed by atoms with van der Waals surface area (Å²) in [6, 6.07) is 5.22. The molecule has 0 unspecified atom stereocenters. The molecular weight excluding hydrogens is 422 g/mol. The minimum absolute atomic E-state index is 0.00203. The SMILES string of the molecule is O=C(NC1CCCCC1)NS(=O)(=O)c1ccc(CCN(C(=O)O)c2cnccn2)cc1. The lowest BCUT2D eigenvalue weighted by Crippen LogP contribution is -2.45. The molecule has 166 valence electrons. The Morgan fingerprint density at radius 1 is 1.10 bits per heavy atom. The highest BCUT2D eigenvalue weighted by Gasteiger charge is 2.21. The molecule has 31 heavy (non-hydrogen) atoms. The van der Waals surface area contributed by atoms with E-state index in [1.54, 1.807) is 12.1 Å². The number of amides is 3. The number of benzene rings is 1. The maximum atomic E-state index is 12.5. The highest BCUT2D eigenvalue weighted by atomic mass is 32.2. The average Bonchev–Trinajstić information content (AvgIpc) is 2.75. The van der Waals surface area contributed by atoms with E-state index in [0.29, 0.717) is 6.42 Å². The first-order valence-electron chi connectivity index (χ1n) is 10.0. The molecule has 0 atom stereocenters. The smallest absolute Gasteiger partial charge is 0.413 e. The second kappa shape index (κ2) is 10.2. The number of nitrogens with one attached hydrogen (secondary N) is 2. The maximum absolute atomic E-state index is 12.5. The monoisotopic (exact) mass is 447 g/mol. The Morgan fingerprint density at radius 2 is 1.81 bits per heavy atom. The molecule has 0 saturated heterocycles. The fourth-order valence-corrected chi connectivity index (χ4v) is 4.37. The second-order valence-corrected chi connectivity index (χ2v) is 8.99. The predicted octanol–water partition coefficient (Wildman–Crippen LogP) is 2.52. The Morgan fingerprint density at radius 3 is 2.42 bits per heavy atom. The summed E-state index contributed by atoms with van der Waals surface area (Å²) in [5.74, 6) is 0.211. The van der Waals surface area contributed by atoms with E-state index in [1.807, 2.05) is 4.72 Å². The second-order valence-electron chi connectivity index (χ2n) is 7.31. The lowest BCUT2D eigenvalue weighted by atomic mass is 9.96. The van der Waals surface area contributed by atoms with Crippen molar-refractivity contribution in [3.8, 4) is 0 Å². The van der Waals surface area contributed by atoms with Gasteiger partial charge in [-0.1, -0.05) is 31.4 Å². The van der Waals surface area contributed by atoms with Gasteiger partial charge in [-0.2, -0.15) is 0 Å². The van der Waals surface area contributed by atoms with Crippen molar-refractivity contribution in [1.82, 2.24) is 20.0 Å². The molecule has 1 aromatic heterocycles. The van der Waals surface area contributed by atoms with Gasteiger partial charge in [-0.15, -0.1) is 0 Å². The van der Waals surface area contributed by atoms with Crippen molar-refractivity contribution in [2.24, 2.45) is 0 Å². The fourth-order valence-electron chi connectivity index (χ4n) is 3.46. The number of carbonyl (C=O) groups is 2. The predicted molar refractivity (Wildman–Crippen MR) is 113 cm³/mol. The Labute approximate surface area is 180 Å². The van der Waals surface area contributed by atoms with Crippen LogP contribution in [-0.2, 0) is 16.4 Å². The van der Waals surface area contributed by atoms with Crippen LogP contribution in [0.4, 0.5) is 15.4 Å². The van der Waals surface area contributed by atoms with E-state index in [-0.39, 0.29) is 23.3 Å². The minimum Gasteiger partial charge on any atom is -0.465 e. The van der Waals surface area contributed by atoms with Gasteiger partial charge in [0.15, 0.2) is 5.82 Å². The van der Waals surface area contributed by atoms with E-state index >= 15 is 0 Å². The number of anilines is 1. The molecule has 2 aromatic rings. The normalized spacial score (nSPS) is 14.6. The quantitative estimate of drug-likeness (QED) is 0.592. The van der Waals surface area contributed by atoms with Gasteiger partial charge in [0.1, 0.15) is 0 Å². The van der Waals surface area contributed by atoms with Crippen LogP contribution in [0.15, 0.2) is 47.8 Å². The van der Waals surface area contributed by atoms with Crippen LogP contribution in [0, 0.1) is 0 Å². The number of carboxylic acid groups (broad SMARTS) is 1. The van der Waals surface area contributed by atoms with Crippen LogP contribution < -0.4 is 14.9 Å². The van der Waals surface area contributed by atoms with Gasteiger partial charge in [0.25, 0.3) is 10.0 Å². The molecule has 1 aromatic carbocycles. The number of sulfonamides is 1. The van der Waals surface area contributed by atoms with Crippen LogP contribution in [0.3, 0.4) is 0 Å². The van der Waals surface area contributed by atoms with E-state index < -0.39 is 22.1 Å². The van der Waals surface area contributed by atoms with Gasteiger partial charge in [-0.25, -0.2) is 27.7 Å². The van der Waals surface area contributed by atoms with E-state index in [1.165, 1.54) is 30.7 Å². The number of carbonyl (C=O) groups excluding carboxylic acids is 1. The molecule has 11 heteroatoms. The van der Waals surface area contributed by atoms with Gasteiger partial charge in [0.2, 0.25) is 0 Å². The summed E-state index contributed by atoms with van der Waals surface area (Å²) < 4.78 is 27.0. The molecule has 3 rings (SSSR count). The number of hydrogen-bond donors (Lipinski definition) is 3. The largest absolute Gasteiger partial charge is 0.465 e. The minimum atomic E-state index is -4.00. The van der Waals surface area contributed by atoms with E-state index in [0.717, 1.165) is 42.6 Å². The molecule has 0 bridgehead atoms. The average molecular weight is 448 g/mol. The van der Waals surface area contributed by atoms with Crippen LogP contribution >= 0.6 is 0 Å². The lowest BCUT2D eigenvalue weighted by Gasteiger charge is -2.22. The van der Waals surface area contributed by atoms with Crippen molar-refractivity contribution in [2.75, 3.05) is 11.4 Å². The van der Waals surface area contributed by atoms with Crippen LogP contribution in [0.2, 0.25) is 0 Å². The first-order chi connectivity index (χ1) is 14.8. The van der Waals surface area contributed by atoms with Crippen molar-refractivity contribution in [3.63, 3.8) is 0 Å². The van der Waals surface area contributed by atoms with E-state index in [4.69, 9.17) is 0 Å². The Balaban J connectivity index is 1.58. The summed E-state index contributed by atoms with van der Waals surface area (Å²) in [5.41, 5.74) is 0.737.